The van der Waals surface area contributed by atoms with Crippen molar-refractivity contribution in [1.82, 2.24) is 14.8 Å². The lowest BCUT2D eigenvalue weighted by molar-refractivity contribution is -0.166. The predicted molar refractivity (Wildman–Crippen MR) is 131 cm³/mol. The van der Waals surface area contributed by atoms with Gasteiger partial charge in [0.1, 0.15) is 12.5 Å². The largest absolute Gasteiger partial charge is 0.436 e. The highest BCUT2D eigenvalue weighted by Gasteiger charge is 2.36. The van der Waals surface area contributed by atoms with Gasteiger partial charge in [0.2, 0.25) is 6.35 Å². The topological polar surface area (TPSA) is 84.4 Å². The van der Waals surface area contributed by atoms with Crippen LogP contribution < -0.4 is 9.47 Å². The zero-order valence-corrected chi connectivity index (χ0v) is 20.6. The number of aromatic nitrogens is 1. The maximum absolute atomic E-state index is 13.1. The number of benzene rings is 2. The Balaban J connectivity index is 1.52. The third-order valence-electron chi connectivity index (χ3n) is 5.88. The second-order valence-electron chi connectivity index (χ2n) is 8.43. The number of nitrogens with zero attached hydrogens (tertiary/aromatic N) is 3. The average Bonchev–Trinajstić information content (AvgIpc) is 2.88. The van der Waals surface area contributed by atoms with Crippen LogP contribution in [0.2, 0.25) is 0 Å². The third kappa shape index (κ3) is 5.87. The molecule has 1 N–H and O–H groups in total. The fourth-order valence-corrected chi connectivity index (χ4v) is 4.08. The van der Waals surface area contributed by atoms with Crippen LogP contribution in [0.4, 0.5) is 8.78 Å². The molecule has 0 radical (unpaired) electrons. The Labute approximate surface area is 213 Å². The van der Waals surface area contributed by atoms with Crippen molar-refractivity contribution in [1.29, 1.82) is 0 Å². The van der Waals surface area contributed by atoms with Crippen molar-refractivity contribution in [3.63, 3.8) is 0 Å². The number of hydrogen-bond acceptors (Lipinski definition) is 7. The van der Waals surface area contributed by atoms with Gasteiger partial charge in [-0.15, -0.1) is 0 Å². The van der Waals surface area contributed by atoms with Gasteiger partial charge in [-0.2, -0.15) is 8.78 Å². The van der Waals surface area contributed by atoms with Crippen LogP contribution in [-0.2, 0) is 16.1 Å². The lowest BCUT2D eigenvalue weighted by Gasteiger charge is -2.41. The smallest absolute Gasteiger partial charge is 0.387 e. The molecule has 4 rings (SSSR count). The number of aliphatic hydroxyl groups excluding tert-OH is 1. The number of hydrogen-bond donors (Lipinski definition) is 1. The first-order chi connectivity index (χ1) is 17.8. The van der Waals surface area contributed by atoms with E-state index in [1.165, 1.54) is 23.2 Å². The molecule has 194 valence electrons. The number of aliphatic hydroxyl groups is 1. The van der Waals surface area contributed by atoms with Crippen LogP contribution >= 0.6 is 0 Å². The second kappa shape index (κ2) is 11.4. The molecule has 1 aromatic heterocycles. The number of pyridine rings is 1. The molecule has 1 aliphatic rings. The molecule has 1 atom stereocenters. The minimum atomic E-state index is -3.01. The van der Waals surface area contributed by atoms with Gasteiger partial charge in [-0.1, -0.05) is 30.3 Å². The van der Waals surface area contributed by atoms with E-state index >= 15 is 0 Å². The summed E-state index contributed by atoms with van der Waals surface area (Å²) in [6, 6.07) is 17.4. The fourth-order valence-electron chi connectivity index (χ4n) is 4.08. The Bertz CT molecular complexity index is 1290. The zero-order valence-electron chi connectivity index (χ0n) is 20.6. The molecule has 8 nitrogen and oxygen atoms in total. The monoisotopic (exact) mass is 511 g/mol. The van der Waals surface area contributed by atoms with Crippen LogP contribution in [-0.4, -0.2) is 52.5 Å². The molecular formula is C27H27F2N3O5. The number of aryl methyl sites for hydroxylation is 1. The van der Waals surface area contributed by atoms with Crippen molar-refractivity contribution in [2.24, 2.45) is 0 Å². The van der Waals surface area contributed by atoms with Gasteiger partial charge < -0.3 is 24.2 Å². The standard InChI is InChI=1S/C27H27F2N3O5/c1-17-14-20(36-24-22(37-26(28)29)10-7-13-30-24)11-12-21(17)23-18(2)25(33)32(27(34)31(23)3)16-35-15-19-8-5-4-6-9-19/h4-14,26-27,34H,15-16H2,1-3H3. The first kappa shape index (κ1) is 26.1. The minimum Gasteiger partial charge on any atom is -0.436 e. The van der Waals surface area contributed by atoms with E-state index in [1.807, 2.05) is 37.3 Å². The summed E-state index contributed by atoms with van der Waals surface area (Å²) >= 11 is 0. The molecule has 0 saturated carbocycles. The van der Waals surface area contributed by atoms with Gasteiger partial charge in [0.05, 0.1) is 12.3 Å². The Hall–Kier alpha value is -4.02. The van der Waals surface area contributed by atoms with Crippen LogP contribution in [0.3, 0.4) is 0 Å². The molecule has 0 bridgehead atoms. The number of ether oxygens (including phenoxy) is 3. The van der Waals surface area contributed by atoms with E-state index in [1.54, 1.807) is 37.1 Å². The van der Waals surface area contributed by atoms with Crippen molar-refractivity contribution in [2.45, 2.75) is 33.4 Å². The Morgan fingerprint density at radius 3 is 2.54 bits per heavy atom. The molecular weight excluding hydrogens is 484 g/mol. The molecule has 10 heteroatoms. The number of halogens is 2. The van der Waals surface area contributed by atoms with E-state index in [2.05, 4.69) is 9.72 Å². The highest BCUT2D eigenvalue weighted by atomic mass is 19.3. The molecule has 3 aromatic rings. The van der Waals surface area contributed by atoms with Crippen molar-refractivity contribution >= 4 is 11.6 Å². The summed E-state index contributed by atoms with van der Waals surface area (Å²) in [6.07, 6.45) is 0.169. The number of carbonyl (C=O) groups is 1. The highest BCUT2D eigenvalue weighted by molar-refractivity contribution is 6.02. The summed E-state index contributed by atoms with van der Waals surface area (Å²) in [5.41, 5.74) is 3.39. The first-order valence-electron chi connectivity index (χ1n) is 11.5. The van der Waals surface area contributed by atoms with Crippen LogP contribution in [0.15, 0.2) is 72.4 Å². The quantitative estimate of drug-likeness (QED) is 0.444. The summed E-state index contributed by atoms with van der Waals surface area (Å²) in [7, 11) is 1.69. The number of amides is 1. The number of carbonyl (C=O) groups excluding carboxylic acids is 1. The van der Waals surface area contributed by atoms with E-state index in [0.717, 1.165) is 11.1 Å². The second-order valence-corrected chi connectivity index (χ2v) is 8.43. The minimum absolute atomic E-state index is 0.0806. The highest BCUT2D eigenvalue weighted by Crippen LogP contribution is 2.35. The van der Waals surface area contributed by atoms with E-state index in [9.17, 15) is 18.7 Å². The summed E-state index contributed by atoms with van der Waals surface area (Å²) in [6.45, 7) is 0.716. The van der Waals surface area contributed by atoms with Crippen LogP contribution in [0, 0.1) is 6.92 Å². The van der Waals surface area contributed by atoms with Crippen molar-refractivity contribution in [3.05, 3.63) is 89.1 Å². The summed E-state index contributed by atoms with van der Waals surface area (Å²) in [4.78, 5) is 20.0. The molecule has 1 aliphatic heterocycles. The van der Waals surface area contributed by atoms with Gasteiger partial charge in [0, 0.05) is 24.4 Å². The van der Waals surface area contributed by atoms with Gasteiger partial charge in [-0.3, -0.25) is 9.69 Å². The first-order valence-corrected chi connectivity index (χ1v) is 11.5. The van der Waals surface area contributed by atoms with Crippen LogP contribution in [0.5, 0.6) is 17.4 Å². The summed E-state index contributed by atoms with van der Waals surface area (Å²) in [5.74, 6) is -0.292. The molecule has 37 heavy (non-hydrogen) atoms. The normalized spacial score (nSPS) is 16.0. The summed E-state index contributed by atoms with van der Waals surface area (Å²) < 4.78 is 41.2. The number of alkyl halides is 2. The maximum atomic E-state index is 13.1. The van der Waals surface area contributed by atoms with Crippen molar-refractivity contribution in [3.8, 4) is 17.4 Å². The molecule has 1 amide bonds. The van der Waals surface area contributed by atoms with E-state index < -0.39 is 13.0 Å². The molecule has 0 saturated heterocycles. The molecule has 1 unspecified atom stereocenters. The number of rotatable bonds is 9. The van der Waals surface area contributed by atoms with E-state index in [4.69, 9.17) is 9.47 Å². The SMILES string of the molecule is CC1=C(c2ccc(Oc3ncccc3OC(F)F)cc2C)N(C)C(O)N(COCc2ccccc2)C1=O. The Kier molecular flexibility index (Phi) is 8.00. The Morgan fingerprint density at radius 1 is 1.08 bits per heavy atom. The fraction of sp³-hybridized carbons (Fsp3) is 0.259. The lowest BCUT2D eigenvalue weighted by Crippen LogP contribution is -2.54. The van der Waals surface area contributed by atoms with E-state index in [0.29, 0.717) is 29.2 Å². The third-order valence-corrected chi connectivity index (χ3v) is 5.88. The maximum Gasteiger partial charge on any atom is 0.387 e. The van der Waals surface area contributed by atoms with Gasteiger partial charge in [-0.05, 0) is 55.3 Å². The molecule has 0 spiro atoms. The zero-order chi connectivity index (χ0) is 26.5. The van der Waals surface area contributed by atoms with Gasteiger partial charge in [0.25, 0.3) is 11.8 Å². The van der Waals surface area contributed by atoms with Gasteiger partial charge in [-0.25, -0.2) is 4.98 Å². The predicted octanol–water partition coefficient (Wildman–Crippen LogP) is 4.74. The van der Waals surface area contributed by atoms with Crippen LogP contribution in [0.1, 0.15) is 23.6 Å². The van der Waals surface area contributed by atoms with Crippen LogP contribution in [0.25, 0.3) is 5.70 Å². The van der Waals surface area contributed by atoms with Crippen molar-refractivity contribution in [2.75, 3.05) is 13.8 Å². The average molecular weight is 512 g/mol. The lowest BCUT2D eigenvalue weighted by atomic mass is 9.99. The van der Waals surface area contributed by atoms with Gasteiger partial charge in [0.15, 0.2) is 5.75 Å². The summed E-state index contributed by atoms with van der Waals surface area (Å²) in [5, 5.41) is 10.9. The molecule has 2 heterocycles. The Morgan fingerprint density at radius 2 is 1.84 bits per heavy atom. The van der Waals surface area contributed by atoms with Gasteiger partial charge >= 0.3 is 6.61 Å². The molecule has 2 aromatic carbocycles. The molecule has 0 fully saturated rings. The van der Waals surface area contributed by atoms with Crippen molar-refractivity contribution < 1.29 is 32.9 Å². The molecule has 0 aliphatic carbocycles. The van der Waals surface area contributed by atoms with E-state index in [-0.39, 0.29) is 24.3 Å².